The zero-order valence-corrected chi connectivity index (χ0v) is 10.7. The van der Waals surface area contributed by atoms with E-state index in [0.29, 0.717) is 17.9 Å². The Morgan fingerprint density at radius 1 is 1.61 bits per heavy atom. The number of hydrogen-bond donors (Lipinski definition) is 3. The monoisotopic (exact) mass is 273 g/mol. The highest BCUT2D eigenvalue weighted by molar-refractivity contribution is 7.98. The first-order chi connectivity index (χ1) is 8.63. The van der Waals surface area contributed by atoms with Gasteiger partial charge in [-0.1, -0.05) is 5.16 Å². The van der Waals surface area contributed by atoms with Crippen LogP contribution in [0.15, 0.2) is 16.9 Å². The third-order valence-electron chi connectivity index (χ3n) is 2.14. The van der Waals surface area contributed by atoms with Gasteiger partial charge in [-0.25, -0.2) is 9.59 Å². The van der Waals surface area contributed by atoms with E-state index in [4.69, 9.17) is 5.11 Å². The van der Waals surface area contributed by atoms with Crippen LogP contribution in [-0.4, -0.2) is 40.3 Å². The molecule has 1 unspecified atom stereocenters. The van der Waals surface area contributed by atoms with Gasteiger partial charge in [0.1, 0.15) is 18.0 Å². The van der Waals surface area contributed by atoms with E-state index in [9.17, 15) is 9.59 Å². The quantitative estimate of drug-likeness (QED) is 0.675. The van der Waals surface area contributed by atoms with Crippen molar-refractivity contribution in [3.8, 4) is 0 Å². The number of aliphatic carboxylic acids is 1. The van der Waals surface area contributed by atoms with Crippen LogP contribution in [-0.2, 0) is 11.3 Å². The van der Waals surface area contributed by atoms with Crippen molar-refractivity contribution >= 4 is 23.8 Å². The molecular weight excluding hydrogens is 258 g/mol. The number of carboxylic acid groups (broad SMARTS) is 1. The van der Waals surface area contributed by atoms with Gasteiger partial charge in [0.25, 0.3) is 0 Å². The third kappa shape index (κ3) is 5.09. The zero-order chi connectivity index (χ0) is 13.4. The molecule has 0 aromatic carbocycles. The van der Waals surface area contributed by atoms with Crippen LogP contribution in [0.4, 0.5) is 4.79 Å². The molecule has 1 aromatic heterocycles. The third-order valence-corrected chi connectivity index (χ3v) is 2.78. The Morgan fingerprint density at radius 2 is 2.39 bits per heavy atom. The summed E-state index contributed by atoms with van der Waals surface area (Å²) in [7, 11) is 0. The van der Waals surface area contributed by atoms with Crippen LogP contribution in [0, 0.1) is 0 Å². The number of carbonyl (C=O) groups excluding carboxylic acids is 1. The fraction of sp³-hybridized carbons (Fsp3) is 0.500. The molecule has 1 aromatic rings. The Hall–Kier alpha value is -1.70. The van der Waals surface area contributed by atoms with Crippen LogP contribution in [0.2, 0.25) is 0 Å². The van der Waals surface area contributed by atoms with Gasteiger partial charge in [0.05, 0.1) is 6.54 Å². The highest BCUT2D eigenvalue weighted by Crippen LogP contribution is 2.01. The lowest BCUT2D eigenvalue weighted by Crippen LogP contribution is -2.46. The molecule has 0 fully saturated rings. The molecule has 0 radical (unpaired) electrons. The van der Waals surface area contributed by atoms with Gasteiger partial charge in [-0.3, -0.25) is 0 Å². The van der Waals surface area contributed by atoms with Gasteiger partial charge in [0.15, 0.2) is 0 Å². The van der Waals surface area contributed by atoms with Gasteiger partial charge in [-0.05, 0) is 18.4 Å². The minimum Gasteiger partial charge on any atom is -0.480 e. The Bertz CT molecular complexity index is 382. The van der Waals surface area contributed by atoms with Gasteiger partial charge in [0.2, 0.25) is 0 Å². The van der Waals surface area contributed by atoms with Crippen LogP contribution in [0.25, 0.3) is 0 Å². The molecule has 18 heavy (non-hydrogen) atoms. The fourth-order valence-electron chi connectivity index (χ4n) is 1.20. The zero-order valence-electron chi connectivity index (χ0n) is 9.88. The molecule has 7 nitrogen and oxygen atoms in total. The summed E-state index contributed by atoms with van der Waals surface area (Å²) in [6.07, 6.45) is 3.66. The van der Waals surface area contributed by atoms with E-state index in [-0.39, 0.29) is 6.54 Å². The summed E-state index contributed by atoms with van der Waals surface area (Å²) in [5.74, 6) is -0.374. The lowest BCUT2D eigenvalue weighted by atomic mass is 10.2. The number of aromatic nitrogens is 1. The molecule has 1 rings (SSSR count). The summed E-state index contributed by atoms with van der Waals surface area (Å²) in [6.45, 7) is 0.192. The van der Waals surface area contributed by atoms with Crippen LogP contribution < -0.4 is 10.6 Å². The molecule has 100 valence electrons. The summed E-state index contributed by atoms with van der Waals surface area (Å²) in [5.41, 5.74) is 0.570. The minimum atomic E-state index is -1.04. The Kier molecular flexibility index (Phi) is 6.06. The normalized spacial score (nSPS) is 11.8. The molecule has 8 heteroatoms. The summed E-state index contributed by atoms with van der Waals surface area (Å²) < 4.78 is 4.60. The number of urea groups is 1. The Morgan fingerprint density at radius 3 is 2.94 bits per heavy atom. The second-order valence-corrected chi connectivity index (χ2v) is 4.48. The van der Waals surface area contributed by atoms with Crippen molar-refractivity contribution in [3.05, 3.63) is 18.0 Å². The van der Waals surface area contributed by atoms with Gasteiger partial charge < -0.3 is 20.3 Å². The van der Waals surface area contributed by atoms with E-state index < -0.39 is 18.0 Å². The smallest absolute Gasteiger partial charge is 0.326 e. The molecule has 0 bridgehead atoms. The van der Waals surface area contributed by atoms with Crippen LogP contribution in [0.3, 0.4) is 0 Å². The van der Waals surface area contributed by atoms with Crippen LogP contribution >= 0.6 is 11.8 Å². The van der Waals surface area contributed by atoms with Crippen molar-refractivity contribution in [2.24, 2.45) is 0 Å². The van der Waals surface area contributed by atoms with Crippen molar-refractivity contribution in [3.63, 3.8) is 0 Å². The molecule has 2 amide bonds. The second-order valence-electron chi connectivity index (χ2n) is 3.49. The molecule has 0 aliphatic heterocycles. The number of thioether (sulfide) groups is 1. The van der Waals surface area contributed by atoms with Gasteiger partial charge >= 0.3 is 12.0 Å². The average Bonchev–Trinajstić information content (AvgIpc) is 2.84. The number of nitrogens with one attached hydrogen (secondary N) is 2. The molecule has 0 aliphatic carbocycles. The second kappa shape index (κ2) is 7.59. The molecule has 1 atom stereocenters. The largest absolute Gasteiger partial charge is 0.480 e. The number of hydrogen-bond acceptors (Lipinski definition) is 5. The van der Waals surface area contributed by atoms with Crippen LogP contribution in [0.1, 0.15) is 12.1 Å². The maximum absolute atomic E-state index is 11.5. The van der Waals surface area contributed by atoms with Crippen molar-refractivity contribution in [2.75, 3.05) is 12.0 Å². The van der Waals surface area contributed by atoms with E-state index in [2.05, 4.69) is 20.3 Å². The first-order valence-electron chi connectivity index (χ1n) is 5.29. The molecular formula is C10H15N3O4S. The van der Waals surface area contributed by atoms with Crippen molar-refractivity contribution in [1.29, 1.82) is 0 Å². The molecule has 0 spiro atoms. The fourth-order valence-corrected chi connectivity index (χ4v) is 1.67. The minimum absolute atomic E-state index is 0.192. The first-order valence-corrected chi connectivity index (χ1v) is 6.68. The van der Waals surface area contributed by atoms with Crippen LogP contribution in [0.5, 0.6) is 0 Å². The maximum atomic E-state index is 11.5. The topological polar surface area (TPSA) is 104 Å². The van der Waals surface area contributed by atoms with E-state index >= 15 is 0 Å². The summed E-state index contributed by atoms with van der Waals surface area (Å²) in [5, 5.41) is 17.4. The van der Waals surface area contributed by atoms with Gasteiger partial charge in [0, 0.05) is 6.07 Å². The van der Waals surface area contributed by atoms with E-state index in [1.54, 1.807) is 6.07 Å². The lowest BCUT2D eigenvalue weighted by Gasteiger charge is -2.14. The predicted molar refractivity (Wildman–Crippen MR) is 66.3 cm³/mol. The SMILES string of the molecule is CSCCC(NC(=O)NCc1ccon1)C(=O)O. The Balaban J connectivity index is 2.34. The highest BCUT2D eigenvalue weighted by atomic mass is 32.2. The number of carbonyl (C=O) groups is 2. The number of carboxylic acids is 1. The number of amides is 2. The molecule has 3 N–H and O–H groups in total. The lowest BCUT2D eigenvalue weighted by molar-refractivity contribution is -0.139. The first kappa shape index (κ1) is 14.4. The number of nitrogens with zero attached hydrogens (tertiary/aromatic N) is 1. The standard InChI is InChI=1S/C10H15N3O4S/c1-18-5-3-8(9(14)15)12-10(16)11-6-7-2-4-17-13-7/h2,4,8H,3,5-6H2,1H3,(H,14,15)(H2,11,12,16). The molecule has 0 aliphatic rings. The predicted octanol–water partition coefficient (Wildman–Crippen LogP) is 0.680. The molecule has 1 heterocycles. The van der Waals surface area contributed by atoms with E-state index in [1.165, 1.54) is 18.0 Å². The van der Waals surface area contributed by atoms with Gasteiger partial charge in [-0.2, -0.15) is 11.8 Å². The van der Waals surface area contributed by atoms with Crippen molar-refractivity contribution in [2.45, 2.75) is 19.0 Å². The summed E-state index contributed by atoms with van der Waals surface area (Å²) in [6, 6.07) is 0.198. The van der Waals surface area contributed by atoms with E-state index in [0.717, 1.165) is 0 Å². The van der Waals surface area contributed by atoms with Crippen molar-refractivity contribution in [1.82, 2.24) is 15.8 Å². The Labute approximate surface area is 108 Å². The van der Waals surface area contributed by atoms with Crippen molar-refractivity contribution < 1.29 is 19.2 Å². The summed E-state index contributed by atoms with van der Waals surface area (Å²) in [4.78, 5) is 22.4. The molecule has 0 saturated heterocycles. The average molecular weight is 273 g/mol. The highest BCUT2D eigenvalue weighted by Gasteiger charge is 2.19. The van der Waals surface area contributed by atoms with E-state index in [1.807, 2.05) is 6.26 Å². The summed E-state index contributed by atoms with van der Waals surface area (Å²) >= 11 is 1.53. The number of rotatable bonds is 7. The maximum Gasteiger partial charge on any atom is 0.326 e. The van der Waals surface area contributed by atoms with Gasteiger partial charge in [-0.15, -0.1) is 0 Å². The molecule has 0 saturated carbocycles.